The topological polar surface area (TPSA) is 29.9 Å². The van der Waals surface area contributed by atoms with Gasteiger partial charge in [0.05, 0.1) is 6.54 Å². The van der Waals surface area contributed by atoms with E-state index in [-0.39, 0.29) is 11.9 Å². The lowest BCUT2D eigenvalue weighted by molar-refractivity contribution is 0.476. The first-order chi connectivity index (χ1) is 8.72. The number of hydrogen-bond acceptors (Lipinski definition) is 2. The molecule has 2 rings (SSSR count). The molecule has 0 aliphatic heterocycles. The Balaban J connectivity index is 2.07. The van der Waals surface area contributed by atoms with Crippen LogP contribution in [0.15, 0.2) is 36.7 Å². The Morgan fingerprint density at radius 2 is 2.17 bits per heavy atom. The van der Waals surface area contributed by atoms with Crippen molar-refractivity contribution in [2.75, 3.05) is 0 Å². The zero-order chi connectivity index (χ0) is 13.0. The highest BCUT2D eigenvalue weighted by Crippen LogP contribution is 2.19. The van der Waals surface area contributed by atoms with Crippen LogP contribution in [-0.4, -0.2) is 9.55 Å². The molecule has 1 aromatic heterocycles. The number of halogens is 1. The van der Waals surface area contributed by atoms with E-state index >= 15 is 0 Å². The fraction of sp³-hybridized carbons (Fsp3) is 0.357. The number of hydrogen-bond donors (Lipinski definition) is 1. The minimum Gasteiger partial charge on any atom is -0.337 e. The van der Waals surface area contributed by atoms with Gasteiger partial charge in [0.15, 0.2) is 0 Å². The smallest absolute Gasteiger partial charge is 0.127 e. The van der Waals surface area contributed by atoms with Gasteiger partial charge in [-0.05, 0) is 12.5 Å². The fourth-order valence-electron chi connectivity index (χ4n) is 2.01. The molecule has 2 aromatic rings. The van der Waals surface area contributed by atoms with Gasteiger partial charge in [-0.15, -0.1) is 0 Å². The number of aryl methyl sites for hydroxylation is 1. The molecule has 0 radical (unpaired) electrons. The molecule has 0 amide bonds. The Morgan fingerprint density at radius 1 is 1.39 bits per heavy atom. The van der Waals surface area contributed by atoms with Crippen LogP contribution in [0, 0.1) is 5.82 Å². The summed E-state index contributed by atoms with van der Waals surface area (Å²) in [7, 11) is 1.95. The molecule has 0 bridgehead atoms. The quantitative estimate of drug-likeness (QED) is 0.880. The maximum Gasteiger partial charge on any atom is 0.127 e. The van der Waals surface area contributed by atoms with E-state index in [1.807, 2.05) is 36.9 Å². The summed E-state index contributed by atoms with van der Waals surface area (Å²) in [5.74, 6) is 0.793. The van der Waals surface area contributed by atoms with Gasteiger partial charge in [-0.25, -0.2) is 9.37 Å². The lowest BCUT2D eigenvalue weighted by Crippen LogP contribution is -2.22. The van der Waals surface area contributed by atoms with Crippen LogP contribution in [0.5, 0.6) is 0 Å². The summed E-state index contributed by atoms with van der Waals surface area (Å²) in [6.07, 6.45) is 4.51. The zero-order valence-corrected chi connectivity index (χ0v) is 10.7. The Hall–Kier alpha value is -1.68. The summed E-state index contributed by atoms with van der Waals surface area (Å²) in [5, 5.41) is 3.35. The molecular formula is C14H18FN3. The van der Waals surface area contributed by atoms with Crippen LogP contribution < -0.4 is 5.32 Å². The van der Waals surface area contributed by atoms with Crippen LogP contribution >= 0.6 is 0 Å². The number of aromatic nitrogens is 2. The second-order valence-electron chi connectivity index (χ2n) is 4.32. The Kier molecular flexibility index (Phi) is 4.10. The minimum absolute atomic E-state index is 0.0166. The van der Waals surface area contributed by atoms with Gasteiger partial charge < -0.3 is 9.88 Å². The van der Waals surface area contributed by atoms with Crippen molar-refractivity contribution in [3.8, 4) is 0 Å². The summed E-state index contributed by atoms with van der Waals surface area (Å²) in [6, 6.07) is 6.92. The van der Waals surface area contributed by atoms with Crippen molar-refractivity contribution >= 4 is 0 Å². The van der Waals surface area contributed by atoms with E-state index in [4.69, 9.17) is 0 Å². The van der Waals surface area contributed by atoms with Gasteiger partial charge in [0.2, 0.25) is 0 Å². The third-order valence-corrected chi connectivity index (χ3v) is 3.12. The van der Waals surface area contributed by atoms with E-state index in [0.717, 1.165) is 12.2 Å². The van der Waals surface area contributed by atoms with E-state index in [9.17, 15) is 4.39 Å². The van der Waals surface area contributed by atoms with Crippen molar-refractivity contribution in [2.24, 2.45) is 7.05 Å². The first-order valence-corrected chi connectivity index (χ1v) is 6.16. The summed E-state index contributed by atoms with van der Waals surface area (Å²) < 4.78 is 15.7. The Bertz CT molecular complexity index is 507. The van der Waals surface area contributed by atoms with Gasteiger partial charge in [0.25, 0.3) is 0 Å². The molecule has 1 N–H and O–H groups in total. The van der Waals surface area contributed by atoms with Gasteiger partial charge in [-0.2, -0.15) is 0 Å². The van der Waals surface area contributed by atoms with Crippen molar-refractivity contribution in [1.82, 2.24) is 14.9 Å². The van der Waals surface area contributed by atoms with Crippen LogP contribution in [0.1, 0.15) is 30.8 Å². The highest BCUT2D eigenvalue weighted by Gasteiger charge is 2.13. The maximum atomic E-state index is 13.7. The van der Waals surface area contributed by atoms with E-state index in [1.54, 1.807) is 12.3 Å². The lowest BCUT2D eigenvalue weighted by Gasteiger charge is -2.17. The molecule has 1 unspecified atom stereocenters. The first-order valence-electron chi connectivity index (χ1n) is 6.16. The van der Waals surface area contributed by atoms with Gasteiger partial charge >= 0.3 is 0 Å². The number of rotatable bonds is 5. The van der Waals surface area contributed by atoms with Crippen LogP contribution in [0.2, 0.25) is 0 Å². The molecule has 4 heteroatoms. The van der Waals surface area contributed by atoms with Gasteiger partial charge in [0, 0.05) is 31.0 Å². The molecule has 96 valence electrons. The summed E-state index contributed by atoms with van der Waals surface area (Å²) in [5.41, 5.74) is 0.717. The summed E-state index contributed by atoms with van der Waals surface area (Å²) >= 11 is 0. The molecule has 0 aliphatic carbocycles. The van der Waals surface area contributed by atoms with Crippen molar-refractivity contribution in [3.63, 3.8) is 0 Å². The average Bonchev–Trinajstić information content (AvgIpc) is 2.78. The summed E-state index contributed by atoms with van der Waals surface area (Å²) in [4.78, 5) is 4.24. The van der Waals surface area contributed by atoms with Crippen LogP contribution in [-0.2, 0) is 13.6 Å². The number of imidazole rings is 1. The highest BCUT2D eigenvalue weighted by atomic mass is 19.1. The molecule has 0 saturated carbocycles. The number of nitrogens with one attached hydrogen (secondary N) is 1. The zero-order valence-electron chi connectivity index (χ0n) is 10.7. The van der Waals surface area contributed by atoms with Crippen LogP contribution in [0.25, 0.3) is 0 Å². The van der Waals surface area contributed by atoms with E-state index in [1.165, 1.54) is 6.07 Å². The monoisotopic (exact) mass is 247 g/mol. The predicted molar refractivity (Wildman–Crippen MR) is 69.5 cm³/mol. The third kappa shape index (κ3) is 2.76. The van der Waals surface area contributed by atoms with Crippen molar-refractivity contribution < 1.29 is 4.39 Å². The van der Waals surface area contributed by atoms with Crippen LogP contribution in [0.4, 0.5) is 4.39 Å². The molecule has 0 fully saturated rings. The molecule has 18 heavy (non-hydrogen) atoms. The largest absolute Gasteiger partial charge is 0.337 e. The second-order valence-corrected chi connectivity index (χ2v) is 4.32. The normalized spacial score (nSPS) is 12.6. The molecule has 1 aromatic carbocycles. The highest BCUT2D eigenvalue weighted by molar-refractivity contribution is 5.21. The van der Waals surface area contributed by atoms with Crippen molar-refractivity contribution in [1.29, 1.82) is 0 Å². The maximum absolute atomic E-state index is 13.7. The number of nitrogens with zero attached hydrogens (tertiary/aromatic N) is 2. The van der Waals surface area contributed by atoms with E-state index in [0.29, 0.717) is 12.1 Å². The fourth-order valence-corrected chi connectivity index (χ4v) is 2.01. The standard InChI is InChI=1S/C14H18FN3/c1-3-13(11-6-4-5-7-12(11)15)17-10-14-16-8-9-18(14)2/h4-9,13,17H,3,10H2,1-2H3. The lowest BCUT2D eigenvalue weighted by atomic mass is 10.0. The Morgan fingerprint density at radius 3 is 2.78 bits per heavy atom. The van der Waals surface area contributed by atoms with Gasteiger partial charge in [-0.3, -0.25) is 0 Å². The third-order valence-electron chi connectivity index (χ3n) is 3.12. The summed E-state index contributed by atoms with van der Waals surface area (Å²) in [6.45, 7) is 2.68. The molecular weight excluding hydrogens is 229 g/mol. The molecule has 1 heterocycles. The van der Waals surface area contributed by atoms with Crippen molar-refractivity contribution in [3.05, 3.63) is 53.9 Å². The van der Waals surface area contributed by atoms with Crippen LogP contribution in [0.3, 0.4) is 0 Å². The van der Waals surface area contributed by atoms with Crippen molar-refractivity contribution in [2.45, 2.75) is 25.9 Å². The van der Waals surface area contributed by atoms with Gasteiger partial charge in [-0.1, -0.05) is 25.1 Å². The molecule has 0 saturated heterocycles. The number of benzene rings is 1. The molecule has 0 spiro atoms. The average molecular weight is 247 g/mol. The molecule has 0 aliphatic rings. The molecule has 3 nitrogen and oxygen atoms in total. The predicted octanol–water partition coefficient (Wildman–Crippen LogP) is 2.80. The molecule has 1 atom stereocenters. The SMILES string of the molecule is CCC(NCc1nccn1C)c1ccccc1F. The van der Waals surface area contributed by atoms with Gasteiger partial charge in [0.1, 0.15) is 11.6 Å². The Labute approximate surface area is 107 Å². The minimum atomic E-state index is -0.156. The van der Waals surface area contributed by atoms with E-state index in [2.05, 4.69) is 10.3 Å². The first kappa shape index (κ1) is 12.8. The second kappa shape index (κ2) is 5.78. The van der Waals surface area contributed by atoms with E-state index < -0.39 is 0 Å².